The first-order valence-electron chi connectivity index (χ1n) is 27.1. The van der Waals surface area contributed by atoms with Crippen LogP contribution < -0.4 is 0 Å². The third-order valence-electron chi connectivity index (χ3n) is 16.9. The summed E-state index contributed by atoms with van der Waals surface area (Å²) in [5, 5.41) is 14.2. The average molecular weight is 990 g/mol. The second-order valence-electron chi connectivity index (χ2n) is 21.3. The zero-order valence-electron chi connectivity index (χ0n) is 42.7. The highest BCUT2D eigenvalue weighted by atomic mass is 16.3. The van der Waals surface area contributed by atoms with Crippen LogP contribution in [0.5, 0.6) is 0 Å². The minimum atomic E-state index is -0.261. The quantitative estimate of drug-likeness (QED) is 0.167. The van der Waals surface area contributed by atoms with Crippen molar-refractivity contribution in [3.05, 3.63) is 247 Å². The van der Waals surface area contributed by atoms with Gasteiger partial charge in [0.1, 0.15) is 22.3 Å². The highest BCUT2D eigenvalue weighted by Gasteiger charge is 2.33. The van der Waals surface area contributed by atoms with Crippen LogP contribution in [0.25, 0.3) is 126 Å². The molecule has 0 radical (unpaired) electrons. The molecule has 16 rings (SSSR count). The molecule has 4 aromatic heterocycles. The molecule has 0 spiro atoms. The number of fused-ring (bicyclic) bond motifs is 14. The van der Waals surface area contributed by atoms with E-state index in [1.54, 1.807) is 0 Å². The van der Waals surface area contributed by atoms with Gasteiger partial charge in [-0.25, -0.2) is 0 Å². The number of allylic oxidation sites excluding steroid dienone is 1. The number of nitrogens with zero attached hydrogens (tertiary/aromatic N) is 3. The molecule has 366 valence electrons. The van der Waals surface area contributed by atoms with Gasteiger partial charge >= 0.3 is 0 Å². The first kappa shape index (κ1) is 43.9. The van der Waals surface area contributed by atoms with Crippen LogP contribution in [0.15, 0.2) is 244 Å². The van der Waals surface area contributed by atoms with Gasteiger partial charge < -0.3 is 18.0 Å². The van der Waals surface area contributed by atoms with Gasteiger partial charge in [-0.2, -0.15) is 0 Å². The Hall–Kier alpha value is -9.45. The normalized spacial score (nSPS) is 17.1. The Kier molecular flexibility index (Phi) is 9.71. The molecule has 11 aromatic carbocycles. The molecule has 5 nitrogen and oxygen atoms in total. The fourth-order valence-electron chi connectivity index (χ4n) is 13.3. The number of furan rings is 2. The molecular weight excluding hydrogens is 939 g/mol. The van der Waals surface area contributed by atoms with E-state index in [2.05, 4.69) is 254 Å². The molecule has 1 aliphatic heterocycles. The molecule has 0 fully saturated rings. The number of aromatic nitrogens is 2. The van der Waals surface area contributed by atoms with Crippen molar-refractivity contribution < 1.29 is 8.83 Å². The van der Waals surface area contributed by atoms with Crippen LogP contribution >= 0.6 is 0 Å². The predicted octanol–water partition coefficient (Wildman–Crippen LogP) is 19.7. The molecular formula is C72H51N3O2. The standard InChI is InChI=1S/C72H51N3O2/c1-3-51-52(48-31-34-69-59(37-48)55-24-12-15-27-67(55)76-69)32-29-43(2)71(73-72(51)49-30-33-54-53-23-11-14-26-62(53)74(63(54)40-49)50-21-5-4-6-22-50)61-41-60-56-25-13-16-28-68(56)77-70(60)42-66(61)75-64-38-46-19-9-7-17-44(46)35-57(64)58-36-45-18-8-10-20-47(45)39-65(58)75/h4-28,30-43,51,72H,3,29H2,1-2H3/b52-32+,73-71?. The molecule has 0 bridgehead atoms. The number of rotatable bonds is 6. The van der Waals surface area contributed by atoms with E-state index in [4.69, 9.17) is 13.8 Å². The summed E-state index contributed by atoms with van der Waals surface area (Å²) in [6.07, 6.45) is 4.22. The fourth-order valence-corrected chi connectivity index (χ4v) is 13.3. The maximum atomic E-state index is 6.85. The van der Waals surface area contributed by atoms with E-state index in [0.717, 1.165) is 90.4 Å². The summed E-state index contributed by atoms with van der Waals surface area (Å²) >= 11 is 0. The van der Waals surface area contributed by atoms with Gasteiger partial charge in [0.15, 0.2) is 0 Å². The zero-order chi connectivity index (χ0) is 50.9. The summed E-state index contributed by atoms with van der Waals surface area (Å²) in [4.78, 5) is 6.36. The Morgan fingerprint density at radius 2 is 1.00 bits per heavy atom. The molecule has 1 aliphatic rings. The van der Waals surface area contributed by atoms with Crippen LogP contribution in [-0.4, -0.2) is 14.8 Å². The van der Waals surface area contributed by atoms with Crippen LogP contribution in [0.4, 0.5) is 0 Å². The number of hydrogen-bond donors (Lipinski definition) is 0. The minimum absolute atomic E-state index is 0.0207. The lowest BCUT2D eigenvalue weighted by Crippen LogP contribution is -2.23. The van der Waals surface area contributed by atoms with Gasteiger partial charge in [0, 0.05) is 78.0 Å². The Bertz CT molecular complexity index is 4890. The lowest BCUT2D eigenvalue weighted by atomic mass is 9.78. The molecule has 0 saturated heterocycles. The highest BCUT2D eigenvalue weighted by molar-refractivity contribution is 6.19. The van der Waals surface area contributed by atoms with Crippen LogP contribution in [-0.2, 0) is 0 Å². The minimum Gasteiger partial charge on any atom is -0.456 e. The Morgan fingerprint density at radius 3 is 1.69 bits per heavy atom. The molecule has 0 saturated carbocycles. The van der Waals surface area contributed by atoms with Crippen molar-refractivity contribution in [1.82, 2.24) is 9.13 Å². The van der Waals surface area contributed by atoms with Crippen molar-refractivity contribution in [3.63, 3.8) is 0 Å². The second-order valence-corrected chi connectivity index (χ2v) is 21.3. The molecule has 3 atom stereocenters. The van der Waals surface area contributed by atoms with E-state index in [9.17, 15) is 0 Å². The van der Waals surface area contributed by atoms with E-state index >= 15 is 0 Å². The second kappa shape index (κ2) is 17.0. The lowest BCUT2D eigenvalue weighted by molar-refractivity contribution is 0.514. The molecule has 5 heteroatoms. The summed E-state index contributed by atoms with van der Waals surface area (Å²) in [6.45, 7) is 4.73. The lowest BCUT2D eigenvalue weighted by Gasteiger charge is -2.32. The largest absolute Gasteiger partial charge is 0.456 e. The average Bonchev–Trinajstić information content (AvgIpc) is 4.44. The molecule has 5 heterocycles. The van der Waals surface area contributed by atoms with Gasteiger partial charge in [0.2, 0.25) is 0 Å². The van der Waals surface area contributed by atoms with Gasteiger partial charge in [-0.05, 0) is 130 Å². The van der Waals surface area contributed by atoms with Crippen molar-refractivity contribution in [2.75, 3.05) is 0 Å². The summed E-state index contributed by atoms with van der Waals surface area (Å²) in [7, 11) is 0. The van der Waals surface area contributed by atoms with Crippen molar-refractivity contribution in [2.24, 2.45) is 16.8 Å². The van der Waals surface area contributed by atoms with Crippen LogP contribution in [0, 0.1) is 11.8 Å². The SMILES string of the molecule is CCC1/C(c2ccc3oc4ccccc4c3c2)=C/CC(C)C(c2cc3c(cc2-n2c4cc5ccccc5cc4c4cc5ccccc5cc42)oc2ccccc23)=NC1c1ccc2c3ccccc3n(-c3ccccc3)c2c1. The predicted molar refractivity (Wildman–Crippen MR) is 322 cm³/mol. The highest BCUT2D eigenvalue weighted by Crippen LogP contribution is 2.47. The summed E-state index contributed by atoms with van der Waals surface area (Å²) in [5.74, 6) is 0.0421. The van der Waals surface area contributed by atoms with Gasteiger partial charge in [0.05, 0.1) is 33.8 Å². The number of para-hydroxylation sites is 4. The monoisotopic (exact) mass is 989 g/mol. The van der Waals surface area contributed by atoms with E-state index in [1.165, 1.54) is 70.8 Å². The van der Waals surface area contributed by atoms with E-state index in [-0.39, 0.29) is 17.9 Å². The summed E-state index contributed by atoms with van der Waals surface area (Å²) < 4.78 is 18.2. The van der Waals surface area contributed by atoms with Crippen LogP contribution in [0.2, 0.25) is 0 Å². The maximum absolute atomic E-state index is 6.85. The molecule has 77 heavy (non-hydrogen) atoms. The van der Waals surface area contributed by atoms with Crippen molar-refractivity contribution in [2.45, 2.75) is 32.7 Å². The Labute approximate surface area is 444 Å². The third-order valence-corrected chi connectivity index (χ3v) is 16.9. The Morgan fingerprint density at radius 1 is 0.442 bits per heavy atom. The first-order chi connectivity index (χ1) is 38.0. The maximum Gasteiger partial charge on any atom is 0.137 e. The zero-order valence-corrected chi connectivity index (χ0v) is 42.7. The molecule has 15 aromatic rings. The van der Waals surface area contributed by atoms with Crippen LogP contribution in [0.3, 0.4) is 0 Å². The van der Waals surface area contributed by atoms with Crippen LogP contribution in [0.1, 0.15) is 49.4 Å². The van der Waals surface area contributed by atoms with Crippen molar-refractivity contribution in [1.29, 1.82) is 0 Å². The molecule has 0 N–H and O–H groups in total. The van der Waals surface area contributed by atoms with Gasteiger partial charge in [-0.15, -0.1) is 0 Å². The third kappa shape index (κ3) is 6.76. The summed E-state index contributed by atoms with van der Waals surface area (Å²) in [5.41, 5.74) is 16.3. The number of hydrogen-bond acceptors (Lipinski definition) is 3. The van der Waals surface area contributed by atoms with Gasteiger partial charge in [-0.3, -0.25) is 4.99 Å². The van der Waals surface area contributed by atoms with E-state index in [1.807, 2.05) is 0 Å². The smallest absolute Gasteiger partial charge is 0.137 e. The van der Waals surface area contributed by atoms with Crippen molar-refractivity contribution in [3.8, 4) is 11.4 Å². The first-order valence-corrected chi connectivity index (χ1v) is 27.1. The van der Waals surface area contributed by atoms with Gasteiger partial charge in [0.25, 0.3) is 0 Å². The number of benzene rings is 11. The van der Waals surface area contributed by atoms with Gasteiger partial charge in [-0.1, -0.05) is 159 Å². The van der Waals surface area contributed by atoms with E-state index in [0.29, 0.717) is 0 Å². The van der Waals surface area contributed by atoms with Crippen molar-refractivity contribution >= 4 is 120 Å². The topological polar surface area (TPSA) is 48.5 Å². The molecule has 3 unspecified atom stereocenters. The Balaban J connectivity index is 0.994. The molecule has 0 amide bonds. The molecule has 0 aliphatic carbocycles. The summed E-state index contributed by atoms with van der Waals surface area (Å²) in [6, 6.07) is 82.0. The number of aliphatic imine (C=N–C) groups is 1. The fraction of sp³-hybridized carbons (Fsp3) is 0.0972. The van der Waals surface area contributed by atoms with E-state index < -0.39 is 0 Å².